The van der Waals surface area contributed by atoms with Crippen molar-refractivity contribution in [1.82, 2.24) is 14.7 Å². The summed E-state index contributed by atoms with van der Waals surface area (Å²) < 4.78 is 0. The minimum absolute atomic E-state index is 0.000836. The number of carbonyl (C=O) groups is 7. The van der Waals surface area contributed by atoms with E-state index in [1.807, 2.05) is 0 Å². The zero-order valence-corrected chi connectivity index (χ0v) is 35.9. The Balaban J connectivity index is -0.000000846. The zero-order chi connectivity index (χ0) is 45.1. The molecule has 0 heterocycles. The first-order valence-corrected chi connectivity index (χ1v) is 21.2. The van der Waals surface area contributed by atoms with Gasteiger partial charge in [0.25, 0.3) is 0 Å². The molecule has 17 nitrogen and oxygen atoms in total. The Labute approximate surface area is 351 Å². The lowest BCUT2D eigenvalue weighted by molar-refractivity contribution is -0.143. The van der Waals surface area contributed by atoms with Crippen LogP contribution >= 0.6 is 0 Å². The summed E-state index contributed by atoms with van der Waals surface area (Å²) in [5.74, 6) is -6.49. The van der Waals surface area contributed by atoms with Gasteiger partial charge in [-0.3, -0.25) is 48.3 Å². The van der Waals surface area contributed by atoms with Crippen molar-refractivity contribution in [3.05, 3.63) is 24.3 Å². The highest BCUT2D eigenvalue weighted by Gasteiger charge is 2.19. The third kappa shape index (κ3) is 53.6. The molecule has 0 atom stereocenters. The summed E-state index contributed by atoms with van der Waals surface area (Å²) in [5.41, 5.74) is 10.1. The van der Waals surface area contributed by atoms with Gasteiger partial charge < -0.3 is 37.0 Å². The van der Waals surface area contributed by atoms with Gasteiger partial charge >= 0.3 is 29.8 Å². The Hall–Kier alpha value is -4.35. The van der Waals surface area contributed by atoms with Crippen LogP contribution in [0.4, 0.5) is 0 Å². The molecule has 0 aromatic carbocycles. The molecule has 0 aliphatic heterocycles. The van der Waals surface area contributed by atoms with Gasteiger partial charge in [0.2, 0.25) is 11.8 Å². The fourth-order valence-corrected chi connectivity index (χ4v) is 5.52. The number of hydrogen-bond acceptors (Lipinski definition) is 10. The zero-order valence-electron chi connectivity index (χ0n) is 35.9. The number of rotatable bonds is 38. The van der Waals surface area contributed by atoms with Gasteiger partial charge in [0, 0.05) is 39.0 Å². The van der Waals surface area contributed by atoms with Crippen LogP contribution in [0.3, 0.4) is 0 Å². The number of primary amides is 2. The second-order valence-electron chi connectivity index (χ2n) is 14.4. The first kappa shape index (κ1) is 59.0. The Bertz CT molecular complexity index is 1080. The van der Waals surface area contributed by atoms with E-state index in [9.17, 15) is 33.6 Å². The summed E-state index contributed by atoms with van der Waals surface area (Å²) in [5, 5.41) is 44.1. The van der Waals surface area contributed by atoms with Crippen molar-refractivity contribution in [2.24, 2.45) is 11.5 Å². The van der Waals surface area contributed by atoms with E-state index >= 15 is 0 Å². The smallest absolute Gasteiger partial charge is 0.317 e. The van der Waals surface area contributed by atoms with Crippen LogP contribution in [0.15, 0.2) is 24.3 Å². The summed E-state index contributed by atoms with van der Waals surface area (Å²) in [6.45, 7) is 1.71. The van der Waals surface area contributed by atoms with E-state index in [-0.39, 0.29) is 38.0 Å². The molecule has 2 amide bonds. The number of allylic oxidation sites excluding steroid dienone is 4. The molecule has 0 radical (unpaired) electrons. The van der Waals surface area contributed by atoms with Gasteiger partial charge in [-0.2, -0.15) is 0 Å². The monoisotopic (exact) mass is 844 g/mol. The van der Waals surface area contributed by atoms with E-state index in [0.29, 0.717) is 12.8 Å². The second-order valence-corrected chi connectivity index (χ2v) is 14.4. The van der Waals surface area contributed by atoms with Crippen LogP contribution in [0, 0.1) is 0 Å². The predicted molar refractivity (Wildman–Crippen MR) is 228 cm³/mol. The summed E-state index contributed by atoms with van der Waals surface area (Å²) >= 11 is 0. The summed E-state index contributed by atoms with van der Waals surface area (Å²) in [7, 11) is 0. The largest absolute Gasteiger partial charge is 0.480 e. The number of aliphatic carboxylic acids is 5. The molecule has 17 heteroatoms. The fourth-order valence-electron chi connectivity index (χ4n) is 5.52. The van der Waals surface area contributed by atoms with Gasteiger partial charge in [-0.25, -0.2) is 0 Å². The molecule has 59 heavy (non-hydrogen) atoms. The van der Waals surface area contributed by atoms with Crippen molar-refractivity contribution in [1.29, 1.82) is 0 Å². The summed E-state index contributed by atoms with van der Waals surface area (Å²) in [4.78, 5) is 78.6. The fraction of sp³-hybridized carbons (Fsp3) is 0.738. The maximum Gasteiger partial charge on any atom is 0.317 e. The molecule has 0 aromatic rings. The Morgan fingerprint density at radius 2 is 0.610 bits per heavy atom. The molecule has 0 aliphatic carbocycles. The normalized spacial score (nSPS) is 11.1. The lowest BCUT2D eigenvalue weighted by atomic mass is 10.1. The van der Waals surface area contributed by atoms with E-state index in [1.165, 1.54) is 94.8 Å². The predicted octanol–water partition coefficient (Wildman–Crippen LogP) is 5.21. The van der Waals surface area contributed by atoms with Crippen molar-refractivity contribution in [2.45, 2.75) is 142 Å². The minimum Gasteiger partial charge on any atom is -0.480 e. The van der Waals surface area contributed by atoms with E-state index in [1.54, 1.807) is 0 Å². The highest BCUT2D eigenvalue weighted by atomic mass is 16.4. The standard InChI is InChI=1S/C14H23N3O10.2C14H27NO/c18-10(19)5-15(1-3-16(6-11(20)21)7-12(22)23)2-4-17(8-13(24)25)9-14(26)27;2*1-2-3-4-5-6-7-8-9-10-11-12-13-14(15)16/h1-9H2,(H,18,19)(H,20,21)(H,22,23)(H,24,25)(H,26,27);2*5-6H,2-4,7-13H2,1H3,(H2,15,16)/b;2*6-5-. The molecule has 9 N–H and O–H groups in total. The van der Waals surface area contributed by atoms with Crippen LogP contribution in [0.25, 0.3) is 0 Å². The Kier molecular flexibility index (Phi) is 43.2. The van der Waals surface area contributed by atoms with E-state index in [4.69, 9.17) is 37.0 Å². The molecule has 0 rings (SSSR count). The molecule has 0 aliphatic rings. The Morgan fingerprint density at radius 1 is 0.373 bits per heavy atom. The molecule has 0 fully saturated rings. The first-order chi connectivity index (χ1) is 28.0. The molecule has 0 saturated carbocycles. The molecular formula is C42H77N5O12. The molecule has 0 saturated heterocycles. The number of carboxylic acid groups (broad SMARTS) is 5. The molecule has 0 bridgehead atoms. The van der Waals surface area contributed by atoms with Gasteiger partial charge in [0.05, 0.1) is 32.7 Å². The van der Waals surface area contributed by atoms with E-state index in [0.717, 1.165) is 35.5 Å². The van der Waals surface area contributed by atoms with Crippen LogP contribution < -0.4 is 11.5 Å². The summed E-state index contributed by atoms with van der Waals surface area (Å²) in [6.07, 6.45) is 32.1. The van der Waals surface area contributed by atoms with Crippen molar-refractivity contribution in [3.8, 4) is 0 Å². The topological polar surface area (TPSA) is 282 Å². The van der Waals surface area contributed by atoms with Crippen LogP contribution in [-0.4, -0.2) is 141 Å². The van der Waals surface area contributed by atoms with Crippen LogP contribution in [-0.2, 0) is 33.6 Å². The van der Waals surface area contributed by atoms with Crippen molar-refractivity contribution < 1.29 is 59.1 Å². The van der Waals surface area contributed by atoms with Gasteiger partial charge in [-0.05, 0) is 51.4 Å². The molecule has 0 aromatic heterocycles. The second kappa shape index (κ2) is 43.2. The van der Waals surface area contributed by atoms with Crippen LogP contribution in [0.5, 0.6) is 0 Å². The maximum atomic E-state index is 11.0. The highest BCUT2D eigenvalue weighted by molar-refractivity contribution is 5.74. The lowest BCUT2D eigenvalue weighted by Crippen LogP contribution is -2.45. The van der Waals surface area contributed by atoms with Crippen molar-refractivity contribution >= 4 is 41.7 Å². The first-order valence-electron chi connectivity index (χ1n) is 21.2. The van der Waals surface area contributed by atoms with Gasteiger partial charge in [0.1, 0.15) is 0 Å². The molecule has 0 spiro atoms. The van der Waals surface area contributed by atoms with Gasteiger partial charge in [0.15, 0.2) is 0 Å². The number of amides is 2. The number of nitrogens with zero attached hydrogens (tertiary/aromatic N) is 3. The molecular weight excluding hydrogens is 766 g/mol. The maximum absolute atomic E-state index is 11.0. The highest BCUT2D eigenvalue weighted by Crippen LogP contribution is 2.09. The van der Waals surface area contributed by atoms with Gasteiger partial charge in [-0.1, -0.05) is 102 Å². The third-order valence-electron chi connectivity index (χ3n) is 8.63. The molecule has 342 valence electrons. The summed E-state index contributed by atoms with van der Waals surface area (Å²) in [6, 6.07) is 0. The molecule has 0 unspecified atom stereocenters. The van der Waals surface area contributed by atoms with Crippen molar-refractivity contribution in [3.63, 3.8) is 0 Å². The average molecular weight is 844 g/mol. The Morgan fingerprint density at radius 3 is 0.881 bits per heavy atom. The van der Waals surface area contributed by atoms with Crippen molar-refractivity contribution in [2.75, 3.05) is 58.9 Å². The van der Waals surface area contributed by atoms with Crippen LogP contribution in [0.2, 0.25) is 0 Å². The minimum atomic E-state index is -1.24. The van der Waals surface area contributed by atoms with E-state index in [2.05, 4.69) is 38.2 Å². The third-order valence-corrected chi connectivity index (χ3v) is 8.63. The quantitative estimate of drug-likeness (QED) is 0.0310. The lowest BCUT2D eigenvalue weighted by Gasteiger charge is -2.27. The number of unbranched alkanes of at least 4 members (excludes halogenated alkanes) is 14. The van der Waals surface area contributed by atoms with Gasteiger partial charge in [-0.15, -0.1) is 0 Å². The number of carbonyl (C=O) groups excluding carboxylic acids is 2. The number of nitrogens with two attached hydrogens (primary N) is 2. The van der Waals surface area contributed by atoms with E-state index < -0.39 is 62.6 Å². The number of hydrogen-bond donors (Lipinski definition) is 7. The average Bonchev–Trinajstić information content (AvgIpc) is 3.13. The van der Waals surface area contributed by atoms with Crippen LogP contribution in [0.1, 0.15) is 142 Å². The number of carboxylic acids is 5. The SMILES string of the molecule is CCCC/C=C\CCCCCCCC(N)=O.CCCC/C=C\CCCCCCCC(N)=O.O=C(O)CN(CCN(CC(=O)O)CC(=O)O)CCN(CC(=O)O)CC(=O)O.